The van der Waals surface area contributed by atoms with E-state index in [0.29, 0.717) is 11.3 Å². The van der Waals surface area contributed by atoms with Gasteiger partial charge in [0.2, 0.25) is 0 Å². The number of hydrogen-bond acceptors (Lipinski definition) is 3. The summed E-state index contributed by atoms with van der Waals surface area (Å²) in [5, 5.41) is 12.0. The fraction of sp³-hybridized carbons (Fsp3) is 0.0909. The first-order valence-corrected chi connectivity index (χ1v) is 9.37. The molecule has 0 unspecified atom stereocenters. The summed E-state index contributed by atoms with van der Waals surface area (Å²) in [6.45, 7) is -1.84. The monoisotopic (exact) mass is 412 g/mol. The highest BCUT2D eigenvalue weighted by atomic mass is 32.2. The van der Waals surface area contributed by atoms with Crippen LogP contribution >= 0.6 is 11.8 Å². The molecule has 0 aromatic heterocycles. The van der Waals surface area contributed by atoms with Crippen molar-refractivity contribution in [1.82, 2.24) is 0 Å². The molecular weight excluding hydrogens is 397 g/mol. The van der Waals surface area contributed by atoms with Gasteiger partial charge in [-0.15, -0.1) is 0 Å². The first-order valence-electron chi connectivity index (χ1n) is 8.55. The molecule has 0 spiro atoms. The molecule has 3 nitrogen and oxygen atoms in total. The Labute approximate surface area is 170 Å². The molecule has 146 valence electrons. The van der Waals surface area contributed by atoms with E-state index >= 15 is 0 Å². The molecule has 0 heterocycles. The Morgan fingerprint density at radius 3 is 2.48 bits per heavy atom. The molecule has 1 N–H and O–H groups in total. The van der Waals surface area contributed by atoms with Crippen LogP contribution in [0.2, 0.25) is 0 Å². The second-order valence-corrected chi connectivity index (χ2v) is 7.23. The van der Waals surface area contributed by atoms with Crippen molar-refractivity contribution in [3.05, 3.63) is 89.5 Å². The van der Waals surface area contributed by atoms with Crippen LogP contribution in [0, 0.1) is 11.3 Å². The Kier molecular flexibility index (Phi) is 6.25. The predicted molar refractivity (Wildman–Crippen MR) is 106 cm³/mol. The molecular formula is C22H15F3N2OS. The summed E-state index contributed by atoms with van der Waals surface area (Å²) >= 11 is 1.42. The smallest absolute Gasteiger partial charge is 0.301 e. The fourth-order valence-electron chi connectivity index (χ4n) is 2.57. The van der Waals surface area contributed by atoms with Crippen molar-refractivity contribution in [1.29, 1.82) is 5.26 Å². The van der Waals surface area contributed by atoms with Crippen LogP contribution in [0.1, 0.15) is 21.5 Å². The van der Waals surface area contributed by atoms with Gasteiger partial charge in [-0.25, -0.2) is 4.39 Å². The second kappa shape index (κ2) is 8.84. The van der Waals surface area contributed by atoms with E-state index in [1.807, 2.05) is 30.3 Å². The van der Waals surface area contributed by atoms with E-state index in [9.17, 15) is 23.2 Å². The zero-order valence-electron chi connectivity index (χ0n) is 15.0. The molecule has 7 heteroatoms. The van der Waals surface area contributed by atoms with Gasteiger partial charge in [-0.3, -0.25) is 4.79 Å². The summed E-state index contributed by atoms with van der Waals surface area (Å²) in [7, 11) is 0. The predicted octanol–water partition coefficient (Wildman–Crippen LogP) is 6.02. The number of amides is 1. The minimum Gasteiger partial charge on any atom is -0.322 e. The average Bonchev–Trinajstić information content (AvgIpc) is 2.75. The van der Waals surface area contributed by atoms with E-state index in [2.05, 4.69) is 11.4 Å². The standard InChI is InChI=1S/C22H15F3N2OS/c23-14-22(24,25)17-6-4-5-15(11-17)21(28)27-18-9-10-20(16(12-18)13-26)29-19-7-2-1-3-8-19/h1-12H,14H2,(H,27,28). The number of carbonyl (C=O) groups excluding carboxylic acids is 1. The first-order chi connectivity index (χ1) is 13.9. The normalized spacial score (nSPS) is 11.0. The molecule has 0 saturated carbocycles. The van der Waals surface area contributed by atoms with Crippen LogP contribution in [-0.4, -0.2) is 12.6 Å². The average molecular weight is 412 g/mol. The number of hydrogen-bond donors (Lipinski definition) is 1. The third-order valence-electron chi connectivity index (χ3n) is 4.04. The second-order valence-electron chi connectivity index (χ2n) is 6.11. The summed E-state index contributed by atoms with van der Waals surface area (Å²) in [4.78, 5) is 14.1. The van der Waals surface area contributed by atoms with Crippen molar-refractivity contribution < 1.29 is 18.0 Å². The molecule has 1 amide bonds. The SMILES string of the molecule is N#Cc1cc(NC(=O)c2cccc(C(F)(F)CF)c2)ccc1Sc1ccccc1. The van der Waals surface area contributed by atoms with Crippen LogP contribution in [0.4, 0.5) is 18.9 Å². The van der Waals surface area contributed by atoms with Crippen molar-refractivity contribution in [2.45, 2.75) is 15.7 Å². The Morgan fingerprint density at radius 2 is 1.79 bits per heavy atom. The number of nitrogens with zero attached hydrogens (tertiary/aromatic N) is 1. The Morgan fingerprint density at radius 1 is 1.03 bits per heavy atom. The molecule has 0 atom stereocenters. The zero-order chi connectivity index (χ0) is 20.9. The summed E-state index contributed by atoms with van der Waals surface area (Å²) in [5.41, 5.74) is 0.123. The molecule has 3 aromatic rings. The van der Waals surface area contributed by atoms with E-state index in [0.717, 1.165) is 21.9 Å². The van der Waals surface area contributed by atoms with E-state index in [1.165, 1.54) is 30.0 Å². The van der Waals surface area contributed by atoms with Crippen molar-refractivity contribution in [3.8, 4) is 6.07 Å². The number of rotatable bonds is 6. The van der Waals surface area contributed by atoms with Crippen LogP contribution in [0.15, 0.2) is 82.6 Å². The summed E-state index contributed by atoms with van der Waals surface area (Å²) in [5.74, 6) is -4.28. The van der Waals surface area contributed by atoms with E-state index in [-0.39, 0.29) is 5.56 Å². The Balaban J connectivity index is 1.79. The maximum Gasteiger partial charge on any atom is 0.301 e. The molecule has 29 heavy (non-hydrogen) atoms. The molecule has 0 saturated heterocycles. The van der Waals surface area contributed by atoms with Gasteiger partial charge in [-0.05, 0) is 42.5 Å². The summed E-state index contributed by atoms with van der Waals surface area (Å²) in [6, 6.07) is 21.1. The van der Waals surface area contributed by atoms with Gasteiger partial charge in [0.25, 0.3) is 5.91 Å². The first kappa shape index (κ1) is 20.5. The topological polar surface area (TPSA) is 52.9 Å². The van der Waals surface area contributed by atoms with Gasteiger partial charge in [0.1, 0.15) is 6.07 Å². The maximum atomic E-state index is 13.5. The number of alkyl halides is 3. The van der Waals surface area contributed by atoms with E-state index in [4.69, 9.17) is 0 Å². The van der Waals surface area contributed by atoms with Gasteiger partial charge in [-0.1, -0.05) is 42.1 Å². The molecule has 0 bridgehead atoms. The van der Waals surface area contributed by atoms with Crippen LogP contribution in [0.5, 0.6) is 0 Å². The van der Waals surface area contributed by atoms with Crippen molar-refractivity contribution in [2.75, 3.05) is 12.0 Å². The molecule has 0 radical (unpaired) electrons. The fourth-order valence-corrected chi connectivity index (χ4v) is 3.47. The lowest BCUT2D eigenvalue weighted by Crippen LogP contribution is -2.18. The largest absolute Gasteiger partial charge is 0.322 e. The molecule has 0 fully saturated rings. The van der Waals surface area contributed by atoms with Gasteiger partial charge in [0.05, 0.1) is 5.56 Å². The highest BCUT2D eigenvalue weighted by Crippen LogP contribution is 2.32. The highest BCUT2D eigenvalue weighted by molar-refractivity contribution is 7.99. The van der Waals surface area contributed by atoms with Gasteiger partial charge in [-0.2, -0.15) is 14.0 Å². The van der Waals surface area contributed by atoms with Gasteiger partial charge >= 0.3 is 5.92 Å². The Bertz CT molecular complexity index is 1070. The minimum atomic E-state index is -3.65. The maximum absolute atomic E-state index is 13.5. The number of nitrogens with one attached hydrogen (secondary N) is 1. The highest BCUT2D eigenvalue weighted by Gasteiger charge is 2.32. The number of nitriles is 1. The minimum absolute atomic E-state index is 0.0307. The lowest BCUT2D eigenvalue weighted by Gasteiger charge is -2.14. The van der Waals surface area contributed by atoms with Crippen molar-refractivity contribution in [2.24, 2.45) is 0 Å². The third-order valence-corrected chi connectivity index (χ3v) is 5.13. The quantitative estimate of drug-likeness (QED) is 0.538. The van der Waals surface area contributed by atoms with E-state index in [1.54, 1.807) is 12.1 Å². The molecule has 0 aliphatic rings. The van der Waals surface area contributed by atoms with E-state index < -0.39 is 24.1 Å². The van der Waals surface area contributed by atoms with Crippen LogP contribution in [0.3, 0.4) is 0 Å². The van der Waals surface area contributed by atoms with Gasteiger partial charge < -0.3 is 5.32 Å². The van der Waals surface area contributed by atoms with Crippen LogP contribution < -0.4 is 5.32 Å². The van der Waals surface area contributed by atoms with Crippen molar-refractivity contribution >= 4 is 23.4 Å². The number of halogens is 3. The number of anilines is 1. The van der Waals surface area contributed by atoms with Crippen molar-refractivity contribution in [3.63, 3.8) is 0 Å². The molecule has 0 aliphatic heterocycles. The lowest BCUT2D eigenvalue weighted by atomic mass is 10.1. The molecule has 0 aliphatic carbocycles. The lowest BCUT2D eigenvalue weighted by molar-refractivity contribution is -0.0281. The molecule has 3 rings (SSSR count). The van der Waals surface area contributed by atoms with Crippen LogP contribution in [0.25, 0.3) is 0 Å². The van der Waals surface area contributed by atoms with Crippen LogP contribution in [-0.2, 0) is 5.92 Å². The summed E-state index contributed by atoms with van der Waals surface area (Å²) in [6.07, 6.45) is 0. The Hall–Kier alpha value is -3.24. The molecule has 3 aromatic carbocycles. The zero-order valence-corrected chi connectivity index (χ0v) is 15.8. The number of benzene rings is 3. The van der Waals surface area contributed by atoms with Gasteiger partial charge in [0, 0.05) is 26.6 Å². The third kappa shape index (κ3) is 4.98. The van der Waals surface area contributed by atoms with Gasteiger partial charge in [0.15, 0.2) is 6.67 Å². The number of carbonyl (C=O) groups is 1. The summed E-state index contributed by atoms with van der Waals surface area (Å²) < 4.78 is 39.6.